The summed E-state index contributed by atoms with van der Waals surface area (Å²) in [4.78, 5) is 16.0. The van der Waals surface area contributed by atoms with E-state index in [4.69, 9.17) is 4.74 Å². The maximum atomic E-state index is 10.7. The van der Waals surface area contributed by atoms with Crippen LogP contribution in [0.3, 0.4) is 0 Å². The first-order valence-corrected chi connectivity index (χ1v) is 8.02. The summed E-state index contributed by atoms with van der Waals surface area (Å²) < 4.78 is 5.17. The number of hydrogen-bond donors (Lipinski definition) is 1. The van der Waals surface area contributed by atoms with Gasteiger partial charge in [-0.3, -0.25) is 10.1 Å². The SMILES string of the molecule is Br.COc1ccc(-c2nc(Nc3ccc([N+](=O)[O-])cc3)sc2C)cc1. The summed E-state index contributed by atoms with van der Waals surface area (Å²) in [6, 6.07) is 14.0. The van der Waals surface area contributed by atoms with Gasteiger partial charge in [0.25, 0.3) is 5.69 Å². The highest BCUT2D eigenvalue weighted by atomic mass is 79.9. The normalized spacial score (nSPS) is 10.0. The molecule has 0 atom stereocenters. The molecule has 0 aliphatic heterocycles. The zero-order chi connectivity index (χ0) is 17.1. The van der Waals surface area contributed by atoms with Crippen LogP contribution in [0.15, 0.2) is 48.5 Å². The number of thiazole rings is 1. The monoisotopic (exact) mass is 421 g/mol. The number of aromatic nitrogens is 1. The van der Waals surface area contributed by atoms with E-state index in [1.807, 2.05) is 31.2 Å². The van der Waals surface area contributed by atoms with Gasteiger partial charge >= 0.3 is 0 Å². The standard InChI is InChI=1S/C17H15N3O3S.BrH/c1-11-16(12-3-9-15(23-2)10-4-12)19-17(24-11)18-13-5-7-14(8-6-13)20(21)22;/h3-10H,1-2H3,(H,18,19);1H. The third kappa shape index (κ3) is 4.34. The molecule has 0 saturated heterocycles. The number of nitrogens with zero attached hydrogens (tertiary/aromatic N) is 2. The van der Waals surface area contributed by atoms with Crippen LogP contribution in [0.25, 0.3) is 11.3 Å². The third-order valence-corrected chi connectivity index (χ3v) is 4.38. The maximum absolute atomic E-state index is 10.7. The lowest BCUT2D eigenvalue weighted by molar-refractivity contribution is -0.384. The first-order valence-electron chi connectivity index (χ1n) is 7.20. The van der Waals surface area contributed by atoms with Crippen molar-refractivity contribution in [2.45, 2.75) is 6.92 Å². The van der Waals surface area contributed by atoms with Crippen LogP contribution in [-0.4, -0.2) is 17.0 Å². The summed E-state index contributed by atoms with van der Waals surface area (Å²) in [6.45, 7) is 2.01. The van der Waals surface area contributed by atoms with Gasteiger partial charge < -0.3 is 10.1 Å². The molecule has 0 aliphatic rings. The fraction of sp³-hybridized carbons (Fsp3) is 0.118. The number of aryl methyl sites for hydroxylation is 1. The van der Waals surface area contributed by atoms with E-state index >= 15 is 0 Å². The minimum absolute atomic E-state index is 0. The smallest absolute Gasteiger partial charge is 0.269 e. The zero-order valence-corrected chi connectivity index (χ0v) is 16.1. The number of methoxy groups -OCH3 is 1. The minimum atomic E-state index is -0.418. The average molecular weight is 422 g/mol. The number of halogens is 1. The summed E-state index contributed by atoms with van der Waals surface area (Å²) >= 11 is 1.54. The first-order chi connectivity index (χ1) is 11.6. The van der Waals surface area contributed by atoms with Crippen LogP contribution >= 0.6 is 28.3 Å². The van der Waals surface area contributed by atoms with Crippen LogP contribution in [0, 0.1) is 17.0 Å². The van der Waals surface area contributed by atoms with Crippen molar-refractivity contribution in [2.24, 2.45) is 0 Å². The second kappa shape index (κ2) is 8.09. The molecule has 2 aromatic carbocycles. The summed E-state index contributed by atoms with van der Waals surface area (Å²) in [6.07, 6.45) is 0. The number of non-ortho nitro benzene ring substituents is 1. The molecule has 0 bridgehead atoms. The first kappa shape index (κ1) is 18.9. The number of ether oxygens (including phenoxy) is 1. The van der Waals surface area contributed by atoms with Gasteiger partial charge in [-0.15, -0.1) is 28.3 Å². The van der Waals surface area contributed by atoms with Crippen LogP contribution < -0.4 is 10.1 Å². The molecular formula is C17H16BrN3O3S. The molecule has 3 aromatic rings. The van der Waals surface area contributed by atoms with E-state index in [2.05, 4.69) is 10.3 Å². The predicted octanol–water partition coefficient (Wildman–Crippen LogP) is 5.36. The van der Waals surface area contributed by atoms with E-state index in [1.54, 1.807) is 19.2 Å². The van der Waals surface area contributed by atoms with E-state index in [-0.39, 0.29) is 22.7 Å². The zero-order valence-electron chi connectivity index (χ0n) is 13.6. The van der Waals surface area contributed by atoms with E-state index in [1.165, 1.54) is 23.5 Å². The third-order valence-electron chi connectivity index (χ3n) is 3.49. The molecule has 8 heteroatoms. The van der Waals surface area contributed by atoms with Gasteiger partial charge in [-0.25, -0.2) is 4.98 Å². The lowest BCUT2D eigenvalue weighted by atomic mass is 10.1. The molecule has 6 nitrogen and oxygen atoms in total. The van der Waals surface area contributed by atoms with Crippen LogP contribution in [0.5, 0.6) is 5.75 Å². The molecule has 1 N–H and O–H groups in total. The van der Waals surface area contributed by atoms with Crippen molar-refractivity contribution in [1.82, 2.24) is 4.98 Å². The average Bonchev–Trinajstić information content (AvgIpc) is 2.95. The molecule has 0 aliphatic carbocycles. The van der Waals surface area contributed by atoms with Gasteiger partial charge in [-0.1, -0.05) is 0 Å². The van der Waals surface area contributed by atoms with Crippen molar-refractivity contribution in [1.29, 1.82) is 0 Å². The topological polar surface area (TPSA) is 77.3 Å². The Morgan fingerprint density at radius 3 is 2.32 bits per heavy atom. The number of nitrogens with one attached hydrogen (secondary N) is 1. The van der Waals surface area contributed by atoms with Gasteiger partial charge in [-0.2, -0.15) is 0 Å². The van der Waals surface area contributed by atoms with Crippen molar-refractivity contribution in [2.75, 3.05) is 12.4 Å². The molecular weight excluding hydrogens is 406 g/mol. The molecule has 130 valence electrons. The highest BCUT2D eigenvalue weighted by Gasteiger charge is 2.11. The van der Waals surface area contributed by atoms with Crippen molar-refractivity contribution in [3.63, 3.8) is 0 Å². The van der Waals surface area contributed by atoms with Crippen LogP contribution in [-0.2, 0) is 0 Å². The Hall–Kier alpha value is -2.45. The number of anilines is 2. The Morgan fingerprint density at radius 2 is 1.76 bits per heavy atom. The number of nitro groups is 1. The second-order valence-electron chi connectivity index (χ2n) is 5.08. The molecule has 0 amide bonds. The molecule has 3 rings (SSSR count). The molecule has 0 saturated carbocycles. The second-order valence-corrected chi connectivity index (χ2v) is 6.28. The maximum Gasteiger partial charge on any atom is 0.269 e. The van der Waals surface area contributed by atoms with Crippen LogP contribution in [0.4, 0.5) is 16.5 Å². The Labute approximate surface area is 159 Å². The Bertz CT molecular complexity index is 864. The van der Waals surface area contributed by atoms with Gasteiger partial charge in [0.2, 0.25) is 0 Å². The van der Waals surface area contributed by atoms with E-state index in [0.29, 0.717) is 0 Å². The molecule has 0 unspecified atom stereocenters. The molecule has 0 spiro atoms. The van der Waals surface area contributed by atoms with Crippen molar-refractivity contribution < 1.29 is 9.66 Å². The number of hydrogen-bond acceptors (Lipinski definition) is 6. The van der Waals surface area contributed by atoms with E-state index in [0.717, 1.165) is 32.7 Å². The highest BCUT2D eigenvalue weighted by Crippen LogP contribution is 2.33. The lowest BCUT2D eigenvalue weighted by Crippen LogP contribution is -1.91. The Balaban J connectivity index is 0.00000225. The lowest BCUT2D eigenvalue weighted by Gasteiger charge is -2.02. The van der Waals surface area contributed by atoms with Gasteiger partial charge in [0.05, 0.1) is 17.7 Å². The molecule has 1 heterocycles. The van der Waals surface area contributed by atoms with Gasteiger partial charge in [0.15, 0.2) is 5.13 Å². The van der Waals surface area contributed by atoms with Gasteiger partial charge in [0.1, 0.15) is 5.75 Å². The van der Waals surface area contributed by atoms with Crippen LogP contribution in [0.1, 0.15) is 4.88 Å². The van der Waals surface area contributed by atoms with E-state index in [9.17, 15) is 10.1 Å². The quantitative estimate of drug-likeness (QED) is 0.443. The van der Waals surface area contributed by atoms with Crippen LogP contribution in [0.2, 0.25) is 0 Å². The van der Waals surface area contributed by atoms with Crippen molar-refractivity contribution >= 4 is 44.8 Å². The molecule has 0 radical (unpaired) electrons. The van der Waals surface area contributed by atoms with E-state index < -0.39 is 4.92 Å². The Kier molecular flexibility index (Phi) is 6.11. The number of rotatable bonds is 5. The largest absolute Gasteiger partial charge is 0.497 e. The summed E-state index contributed by atoms with van der Waals surface area (Å²) in [5.74, 6) is 0.802. The fourth-order valence-corrected chi connectivity index (χ4v) is 3.11. The Morgan fingerprint density at radius 1 is 1.12 bits per heavy atom. The predicted molar refractivity (Wildman–Crippen MR) is 106 cm³/mol. The van der Waals surface area contributed by atoms with Gasteiger partial charge in [-0.05, 0) is 43.3 Å². The minimum Gasteiger partial charge on any atom is -0.497 e. The molecule has 0 fully saturated rings. The molecule has 25 heavy (non-hydrogen) atoms. The van der Waals surface area contributed by atoms with Gasteiger partial charge in [0, 0.05) is 28.3 Å². The number of benzene rings is 2. The summed E-state index contributed by atoms with van der Waals surface area (Å²) in [7, 11) is 1.63. The fourth-order valence-electron chi connectivity index (χ4n) is 2.26. The number of nitro benzene ring substituents is 1. The highest BCUT2D eigenvalue weighted by molar-refractivity contribution is 8.93. The van der Waals surface area contributed by atoms with Crippen molar-refractivity contribution in [3.8, 4) is 17.0 Å². The molecule has 1 aromatic heterocycles. The summed E-state index contributed by atoms with van der Waals surface area (Å²) in [5, 5.41) is 14.6. The van der Waals surface area contributed by atoms with Crippen molar-refractivity contribution in [3.05, 3.63) is 63.5 Å². The summed E-state index contributed by atoms with van der Waals surface area (Å²) in [5.41, 5.74) is 2.75.